The van der Waals surface area contributed by atoms with Crippen molar-refractivity contribution >= 4 is 17.4 Å². The van der Waals surface area contributed by atoms with E-state index in [9.17, 15) is 9.18 Å². The molecule has 0 radical (unpaired) electrons. The summed E-state index contributed by atoms with van der Waals surface area (Å²) < 4.78 is 19.1. The number of anilines is 2. The van der Waals surface area contributed by atoms with Crippen LogP contribution in [0.5, 0.6) is 0 Å². The quantitative estimate of drug-likeness (QED) is 0.665. The Morgan fingerprint density at radius 1 is 1.10 bits per heavy atom. The SMILES string of the molecule is O=C(NCC1CCCO1)c1cc(Nc2cccc(F)c2)nc(-c2ccccc2)n1. The summed E-state index contributed by atoms with van der Waals surface area (Å²) in [6.07, 6.45) is 1.99. The number of nitrogens with one attached hydrogen (secondary N) is 2. The number of rotatable bonds is 6. The monoisotopic (exact) mass is 392 g/mol. The Morgan fingerprint density at radius 2 is 1.97 bits per heavy atom. The third-order valence-corrected chi connectivity index (χ3v) is 4.60. The number of nitrogens with zero attached hydrogens (tertiary/aromatic N) is 2. The fourth-order valence-electron chi connectivity index (χ4n) is 3.16. The van der Waals surface area contributed by atoms with Gasteiger partial charge in [-0.05, 0) is 31.0 Å². The Hall–Kier alpha value is -3.32. The maximum Gasteiger partial charge on any atom is 0.270 e. The van der Waals surface area contributed by atoms with E-state index in [1.165, 1.54) is 12.1 Å². The van der Waals surface area contributed by atoms with Crippen molar-refractivity contribution in [3.8, 4) is 11.4 Å². The molecule has 1 atom stereocenters. The average molecular weight is 392 g/mol. The second-order valence-electron chi connectivity index (χ2n) is 6.81. The molecule has 1 aliphatic heterocycles. The second kappa shape index (κ2) is 8.79. The van der Waals surface area contributed by atoms with Crippen LogP contribution in [0.1, 0.15) is 23.3 Å². The smallest absolute Gasteiger partial charge is 0.270 e. The summed E-state index contributed by atoms with van der Waals surface area (Å²) in [4.78, 5) is 21.6. The number of ether oxygens (including phenoxy) is 1. The van der Waals surface area contributed by atoms with Gasteiger partial charge >= 0.3 is 0 Å². The van der Waals surface area contributed by atoms with E-state index in [1.54, 1.807) is 18.2 Å². The zero-order chi connectivity index (χ0) is 20.1. The molecule has 1 amide bonds. The number of hydrogen-bond acceptors (Lipinski definition) is 5. The van der Waals surface area contributed by atoms with Gasteiger partial charge in [0.25, 0.3) is 5.91 Å². The van der Waals surface area contributed by atoms with Crippen molar-refractivity contribution in [1.82, 2.24) is 15.3 Å². The molecular formula is C22H21FN4O2. The number of hydrogen-bond donors (Lipinski definition) is 2. The second-order valence-corrected chi connectivity index (χ2v) is 6.81. The molecule has 148 valence electrons. The van der Waals surface area contributed by atoms with Crippen LogP contribution in [0.3, 0.4) is 0 Å². The summed E-state index contributed by atoms with van der Waals surface area (Å²) in [6, 6.07) is 17.0. The highest BCUT2D eigenvalue weighted by Crippen LogP contribution is 2.21. The number of benzene rings is 2. The van der Waals surface area contributed by atoms with Gasteiger partial charge in [0, 0.05) is 30.5 Å². The Morgan fingerprint density at radius 3 is 2.72 bits per heavy atom. The first-order chi connectivity index (χ1) is 14.2. The molecule has 1 aliphatic rings. The summed E-state index contributed by atoms with van der Waals surface area (Å²) in [6.45, 7) is 1.17. The molecule has 29 heavy (non-hydrogen) atoms. The van der Waals surface area contributed by atoms with Crippen molar-refractivity contribution < 1.29 is 13.9 Å². The lowest BCUT2D eigenvalue weighted by Gasteiger charge is -2.13. The van der Waals surface area contributed by atoms with Crippen LogP contribution < -0.4 is 10.6 Å². The fraction of sp³-hybridized carbons (Fsp3) is 0.227. The van der Waals surface area contributed by atoms with Crippen molar-refractivity contribution in [2.24, 2.45) is 0 Å². The van der Waals surface area contributed by atoms with E-state index in [1.807, 2.05) is 30.3 Å². The van der Waals surface area contributed by atoms with Crippen LogP contribution in [0.15, 0.2) is 60.7 Å². The molecule has 0 spiro atoms. The van der Waals surface area contributed by atoms with Gasteiger partial charge in [0.1, 0.15) is 17.3 Å². The van der Waals surface area contributed by atoms with Crippen LogP contribution >= 0.6 is 0 Å². The highest BCUT2D eigenvalue weighted by Gasteiger charge is 2.18. The first-order valence-electron chi connectivity index (χ1n) is 9.54. The summed E-state index contributed by atoms with van der Waals surface area (Å²) in [5.74, 6) is 0.158. The van der Waals surface area contributed by atoms with Crippen LogP contribution in [-0.4, -0.2) is 35.1 Å². The Labute approximate surface area is 168 Å². The van der Waals surface area contributed by atoms with Crippen LogP contribution in [0.4, 0.5) is 15.9 Å². The van der Waals surface area contributed by atoms with E-state index in [4.69, 9.17) is 4.74 Å². The third-order valence-electron chi connectivity index (χ3n) is 4.60. The van der Waals surface area contributed by atoms with Crippen molar-refractivity contribution in [1.29, 1.82) is 0 Å². The van der Waals surface area contributed by atoms with Crippen LogP contribution in [0, 0.1) is 5.82 Å². The molecule has 6 nitrogen and oxygen atoms in total. The van der Waals surface area contributed by atoms with Gasteiger partial charge in [-0.15, -0.1) is 0 Å². The normalized spacial score (nSPS) is 15.8. The predicted octanol–water partition coefficient (Wildman–Crippen LogP) is 3.94. The number of halogens is 1. The molecule has 1 unspecified atom stereocenters. The minimum absolute atomic E-state index is 0.0410. The largest absolute Gasteiger partial charge is 0.376 e. The number of amides is 1. The lowest BCUT2D eigenvalue weighted by atomic mass is 10.2. The standard InChI is InChI=1S/C22H21FN4O2/c23-16-8-4-9-17(12-16)25-20-13-19(22(28)24-14-18-10-5-11-29-18)26-21(27-20)15-6-2-1-3-7-15/h1-4,6-9,12-13,18H,5,10-11,14H2,(H,24,28)(H,25,26,27). The zero-order valence-corrected chi connectivity index (χ0v) is 15.8. The van der Waals surface area contributed by atoms with Gasteiger partial charge in [0.2, 0.25) is 0 Å². The third kappa shape index (κ3) is 4.94. The molecule has 1 aromatic heterocycles. The van der Waals surface area contributed by atoms with Gasteiger partial charge < -0.3 is 15.4 Å². The van der Waals surface area contributed by atoms with E-state index >= 15 is 0 Å². The van der Waals surface area contributed by atoms with E-state index in [-0.39, 0.29) is 23.5 Å². The van der Waals surface area contributed by atoms with Gasteiger partial charge in [0.15, 0.2) is 5.82 Å². The Bertz CT molecular complexity index is 991. The van der Waals surface area contributed by atoms with Crippen molar-refractivity contribution in [2.45, 2.75) is 18.9 Å². The fourth-order valence-corrected chi connectivity index (χ4v) is 3.16. The molecule has 2 N–H and O–H groups in total. The van der Waals surface area contributed by atoms with Gasteiger partial charge in [-0.2, -0.15) is 0 Å². The highest BCUT2D eigenvalue weighted by atomic mass is 19.1. The maximum absolute atomic E-state index is 13.5. The minimum atomic E-state index is -0.359. The first kappa shape index (κ1) is 19.0. The number of carbonyl (C=O) groups is 1. The summed E-state index contributed by atoms with van der Waals surface area (Å²) in [7, 11) is 0. The van der Waals surface area contributed by atoms with Crippen molar-refractivity contribution in [3.63, 3.8) is 0 Å². The molecule has 0 aliphatic carbocycles. The molecule has 0 bridgehead atoms. The topological polar surface area (TPSA) is 76.1 Å². The van der Waals surface area contributed by atoms with E-state index in [0.29, 0.717) is 23.9 Å². The van der Waals surface area contributed by atoms with Crippen LogP contribution in [0.25, 0.3) is 11.4 Å². The molecule has 3 aromatic rings. The van der Waals surface area contributed by atoms with Crippen molar-refractivity contribution in [3.05, 3.63) is 72.2 Å². The molecule has 1 fully saturated rings. The van der Waals surface area contributed by atoms with E-state index < -0.39 is 0 Å². The van der Waals surface area contributed by atoms with Gasteiger partial charge in [-0.3, -0.25) is 4.79 Å². The predicted molar refractivity (Wildman–Crippen MR) is 108 cm³/mol. The molecule has 2 aromatic carbocycles. The van der Waals surface area contributed by atoms with Gasteiger partial charge in [0.05, 0.1) is 6.10 Å². The first-order valence-corrected chi connectivity index (χ1v) is 9.54. The summed E-state index contributed by atoms with van der Waals surface area (Å²) in [5.41, 5.74) is 1.55. The lowest BCUT2D eigenvalue weighted by Crippen LogP contribution is -2.32. The molecule has 2 heterocycles. The Balaban J connectivity index is 1.61. The maximum atomic E-state index is 13.5. The summed E-state index contributed by atoms with van der Waals surface area (Å²) in [5, 5.41) is 5.93. The highest BCUT2D eigenvalue weighted by molar-refractivity contribution is 5.93. The molecule has 7 heteroatoms. The number of carbonyl (C=O) groups excluding carboxylic acids is 1. The zero-order valence-electron chi connectivity index (χ0n) is 15.8. The van der Waals surface area contributed by atoms with Gasteiger partial charge in [-0.25, -0.2) is 14.4 Å². The molecular weight excluding hydrogens is 371 g/mol. The van der Waals surface area contributed by atoms with Crippen LogP contribution in [0.2, 0.25) is 0 Å². The minimum Gasteiger partial charge on any atom is -0.376 e. The summed E-state index contributed by atoms with van der Waals surface area (Å²) >= 11 is 0. The van der Waals surface area contributed by atoms with Gasteiger partial charge in [-0.1, -0.05) is 36.4 Å². The van der Waals surface area contributed by atoms with E-state index in [0.717, 1.165) is 25.0 Å². The molecule has 0 saturated carbocycles. The molecule has 4 rings (SSSR count). The van der Waals surface area contributed by atoms with Crippen molar-refractivity contribution in [2.75, 3.05) is 18.5 Å². The van der Waals surface area contributed by atoms with E-state index in [2.05, 4.69) is 20.6 Å². The Kier molecular flexibility index (Phi) is 5.76. The molecule has 1 saturated heterocycles. The van der Waals surface area contributed by atoms with Crippen LogP contribution in [-0.2, 0) is 4.74 Å². The number of aromatic nitrogens is 2. The lowest BCUT2D eigenvalue weighted by molar-refractivity contribution is 0.0853. The average Bonchev–Trinajstić information content (AvgIpc) is 3.26.